The van der Waals surface area contributed by atoms with Crippen molar-refractivity contribution in [2.24, 2.45) is 18.9 Å². The molecule has 2 aromatic rings. The molecule has 1 fully saturated rings. The molecule has 6 atom stereocenters. The Labute approximate surface area is 342 Å². The highest BCUT2D eigenvalue weighted by Crippen LogP contribution is 2.27. The quantitative estimate of drug-likeness (QED) is 0.172. The molecule has 1 saturated heterocycles. The van der Waals surface area contributed by atoms with Gasteiger partial charge in [0.1, 0.15) is 35.8 Å². The maximum absolute atomic E-state index is 14.5. The third-order valence-electron chi connectivity index (χ3n) is 9.36. The summed E-state index contributed by atoms with van der Waals surface area (Å²) in [5.74, 6) is -3.42. The van der Waals surface area contributed by atoms with E-state index >= 15 is 0 Å². The molecule has 0 radical (unpaired) electrons. The smallest absolute Gasteiger partial charge is 0.408 e. The number of hydrogen-bond donors (Lipinski definition) is 4. The molecule has 1 aliphatic rings. The molecule has 1 aliphatic heterocycles. The van der Waals surface area contributed by atoms with Gasteiger partial charge in [0.05, 0.1) is 25.1 Å². The number of aryl methyl sites for hydroxylation is 1. The Hall–Kier alpha value is -4.99. The van der Waals surface area contributed by atoms with Crippen LogP contribution in [-0.4, -0.2) is 111 Å². The van der Waals surface area contributed by atoms with E-state index in [9.17, 15) is 28.8 Å². The molecular weight excluding hydrogens is 747 g/mol. The predicted octanol–water partition coefficient (Wildman–Crippen LogP) is 3.21. The Bertz CT molecular complexity index is 1710. The van der Waals surface area contributed by atoms with Gasteiger partial charge in [0.2, 0.25) is 23.6 Å². The zero-order valence-corrected chi connectivity index (χ0v) is 36.2. The van der Waals surface area contributed by atoms with E-state index in [2.05, 4.69) is 26.3 Å². The van der Waals surface area contributed by atoms with E-state index in [1.54, 1.807) is 58.8 Å². The van der Waals surface area contributed by atoms with Crippen LogP contribution in [0.5, 0.6) is 0 Å². The van der Waals surface area contributed by atoms with Crippen LogP contribution in [0.25, 0.3) is 0 Å². The number of carbonyl (C=O) groups excluding carboxylic acids is 6. The third-order valence-corrected chi connectivity index (χ3v) is 9.36. The summed E-state index contributed by atoms with van der Waals surface area (Å²) in [6, 6.07) is 3.80. The standard InChI is InChI=1S/C42H65N7O9/c1-25(2)18-30(35(50)45-32(39(54)56-12)19-27-16-14-13-15-17-27)44-37(52)34(26(3)4)47-36(51)33-21-29(57-41(5,6)7)23-49(33)38(53)31(20-28-22-43-24-48(28)11)46-40(55)58-42(8,9)10/h13-17,22,24-26,29-34H,18-21,23H2,1-12H3,(H,44,52)(H,45,50)(H,46,55)(H,47,51)/t29-,30+,31+,32+,33+,34+/m1/s1. The molecule has 0 unspecified atom stereocenters. The van der Waals surface area contributed by atoms with Crippen molar-refractivity contribution in [3.63, 3.8) is 0 Å². The van der Waals surface area contributed by atoms with E-state index in [1.807, 2.05) is 65.0 Å². The Morgan fingerprint density at radius 3 is 2.00 bits per heavy atom. The highest BCUT2D eigenvalue weighted by Gasteiger charge is 2.45. The zero-order chi connectivity index (χ0) is 43.5. The Kier molecular flexibility index (Phi) is 16.8. The number of methoxy groups -OCH3 is 1. The molecule has 16 nitrogen and oxygen atoms in total. The SMILES string of the molecule is COC(=O)[C@H](Cc1ccccc1)NC(=O)[C@H](CC(C)C)NC(=O)[C@@H](NC(=O)[C@@H]1C[C@@H](OC(C)(C)C)CN1C(=O)[C@H](Cc1cncn1C)NC(=O)OC(C)(C)C)C(C)C. The fourth-order valence-corrected chi connectivity index (χ4v) is 6.72. The molecule has 2 heterocycles. The minimum absolute atomic E-state index is 0.0276. The number of esters is 1. The third kappa shape index (κ3) is 14.7. The topological polar surface area (TPSA) is 199 Å². The highest BCUT2D eigenvalue weighted by atomic mass is 16.6. The number of nitrogens with zero attached hydrogens (tertiary/aromatic N) is 3. The van der Waals surface area contributed by atoms with Crippen LogP contribution in [0.3, 0.4) is 0 Å². The van der Waals surface area contributed by atoms with E-state index in [0.717, 1.165) is 5.56 Å². The Morgan fingerprint density at radius 2 is 1.47 bits per heavy atom. The minimum atomic E-state index is -1.14. The summed E-state index contributed by atoms with van der Waals surface area (Å²) in [6.07, 6.45) is 2.44. The number of likely N-dealkylation sites (tertiary alicyclic amines) is 1. The van der Waals surface area contributed by atoms with E-state index in [4.69, 9.17) is 14.2 Å². The van der Waals surface area contributed by atoms with Crippen molar-refractivity contribution in [1.29, 1.82) is 0 Å². The van der Waals surface area contributed by atoms with Crippen molar-refractivity contribution in [2.75, 3.05) is 13.7 Å². The van der Waals surface area contributed by atoms with Crippen molar-refractivity contribution in [3.8, 4) is 0 Å². The van der Waals surface area contributed by atoms with Crippen molar-refractivity contribution < 1.29 is 43.0 Å². The summed E-state index contributed by atoms with van der Waals surface area (Å²) in [5.41, 5.74) is 0.0298. The fraction of sp³-hybridized carbons (Fsp3) is 0.643. The molecule has 322 valence electrons. The van der Waals surface area contributed by atoms with Gasteiger partial charge in [-0.15, -0.1) is 0 Å². The van der Waals surface area contributed by atoms with Gasteiger partial charge >= 0.3 is 12.1 Å². The van der Waals surface area contributed by atoms with Gasteiger partial charge in [-0.25, -0.2) is 14.6 Å². The van der Waals surface area contributed by atoms with Gasteiger partial charge in [-0.1, -0.05) is 58.0 Å². The van der Waals surface area contributed by atoms with Crippen molar-refractivity contribution >= 4 is 35.7 Å². The Morgan fingerprint density at radius 1 is 0.828 bits per heavy atom. The lowest BCUT2D eigenvalue weighted by Crippen LogP contribution is -2.60. The van der Waals surface area contributed by atoms with Gasteiger partial charge in [0.15, 0.2) is 0 Å². The molecule has 3 rings (SSSR count). The zero-order valence-electron chi connectivity index (χ0n) is 36.2. The number of hydrogen-bond acceptors (Lipinski definition) is 10. The number of benzene rings is 1. The molecule has 0 bridgehead atoms. The first-order valence-corrected chi connectivity index (χ1v) is 19.9. The normalized spacial score (nSPS) is 17.9. The first kappa shape index (κ1) is 47.4. The van der Waals surface area contributed by atoms with Crippen LogP contribution < -0.4 is 21.3 Å². The van der Waals surface area contributed by atoms with Gasteiger partial charge in [0, 0.05) is 44.7 Å². The number of nitrogens with one attached hydrogen (secondary N) is 4. The summed E-state index contributed by atoms with van der Waals surface area (Å²) in [6.45, 7) is 18.1. The largest absolute Gasteiger partial charge is 0.467 e. The molecule has 0 saturated carbocycles. The summed E-state index contributed by atoms with van der Waals surface area (Å²) in [4.78, 5) is 87.9. The van der Waals surface area contributed by atoms with E-state index in [0.29, 0.717) is 5.69 Å². The summed E-state index contributed by atoms with van der Waals surface area (Å²) < 4.78 is 18.5. The van der Waals surface area contributed by atoms with Crippen LogP contribution in [0.2, 0.25) is 0 Å². The number of amides is 5. The van der Waals surface area contributed by atoms with Crippen molar-refractivity contribution in [3.05, 3.63) is 54.1 Å². The van der Waals surface area contributed by atoms with Crippen molar-refractivity contribution in [1.82, 2.24) is 35.7 Å². The first-order chi connectivity index (χ1) is 27.0. The Balaban J connectivity index is 1.88. The number of rotatable bonds is 17. The predicted molar refractivity (Wildman–Crippen MR) is 217 cm³/mol. The van der Waals surface area contributed by atoms with Crippen LogP contribution in [0, 0.1) is 11.8 Å². The van der Waals surface area contributed by atoms with E-state index in [1.165, 1.54) is 12.0 Å². The lowest BCUT2D eigenvalue weighted by atomic mass is 9.98. The van der Waals surface area contributed by atoms with Crippen LogP contribution >= 0.6 is 0 Å². The maximum atomic E-state index is 14.5. The molecular formula is C42H65N7O9. The highest BCUT2D eigenvalue weighted by molar-refractivity contribution is 5.96. The summed E-state index contributed by atoms with van der Waals surface area (Å²) in [7, 11) is 3.01. The lowest BCUT2D eigenvalue weighted by Gasteiger charge is -2.31. The van der Waals surface area contributed by atoms with Crippen molar-refractivity contribution in [2.45, 2.75) is 142 Å². The molecule has 58 heavy (non-hydrogen) atoms. The van der Waals surface area contributed by atoms with Crippen LogP contribution in [0.1, 0.15) is 93.3 Å². The minimum Gasteiger partial charge on any atom is -0.467 e. The second kappa shape index (κ2) is 20.6. The average molecular weight is 812 g/mol. The van der Waals surface area contributed by atoms with Crippen LogP contribution in [-0.2, 0) is 58.1 Å². The monoisotopic (exact) mass is 811 g/mol. The first-order valence-electron chi connectivity index (χ1n) is 19.9. The van der Waals surface area contributed by atoms with Gasteiger partial charge in [-0.3, -0.25) is 19.2 Å². The molecule has 4 N–H and O–H groups in total. The number of carbonyl (C=O) groups is 6. The van der Waals surface area contributed by atoms with Gasteiger partial charge in [-0.2, -0.15) is 0 Å². The number of aromatic nitrogens is 2. The molecule has 0 spiro atoms. The second-order valence-electron chi connectivity index (χ2n) is 17.7. The fourth-order valence-electron chi connectivity index (χ4n) is 6.72. The van der Waals surface area contributed by atoms with Gasteiger partial charge in [0.25, 0.3) is 0 Å². The molecule has 16 heteroatoms. The van der Waals surface area contributed by atoms with E-state index in [-0.39, 0.29) is 38.1 Å². The molecule has 1 aromatic carbocycles. The average Bonchev–Trinajstić information content (AvgIpc) is 3.72. The summed E-state index contributed by atoms with van der Waals surface area (Å²) >= 11 is 0. The molecule has 0 aliphatic carbocycles. The molecule has 1 aromatic heterocycles. The van der Waals surface area contributed by atoms with E-state index < -0.39 is 89.1 Å². The number of imidazole rings is 1. The van der Waals surface area contributed by atoms with Crippen LogP contribution in [0.4, 0.5) is 4.79 Å². The lowest BCUT2D eigenvalue weighted by molar-refractivity contribution is -0.145. The van der Waals surface area contributed by atoms with Gasteiger partial charge < -0.3 is 44.9 Å². The summed E-state index contributed by atoms with van der Waals surface area (Å²) in [5, 5.41) is 11.1. The maximum Gasteiger partial charge on any atom is 0.408 e. The van der Waals surface area contributed by atoms with Crippen LogP contribution in [0.15, 0.2) is 42.9 Å². The second-order valence-corrected chi connectivity index (χ2v) is 17.7. The number of alkyl carbamates (subject to hydrolysis) is 1. The van der Waals surface area contributed by atoms with Gasteiger partial charge in [-0.05, 0) is 65.4 Å². The molecule has 5 amide bonds. The number of ether oxygens (including phenoxy) is 3.